The average molecular weight is 465 g/mol. The van der Waals surface area contributed by atoms with Crippen molar-refractivity contribution in [3.05, 3.63) is 45.9 Å². The normalized spacial score (nSPS) is 16.5. The van der Waals surface area contributed by atoms with Gasteiger partial charge >= 0.3 is 0 Å². The number of nitrogens with one attached hydrogen (secondary N) is 2. The number of carbonyl (C=O) groups excluding carboxylic acids is 3. The fourth-order valence-corrected chi connectivity index (χ4v) is 3.85. The third kappa shape index (κ3) is 5.62. The van der Waals surface area contributed by atoms with Crippen molar-refractivity contribution in [1.82, 2.24) is 15.2 Å². The molecule has 0 radical (unpaired) electrons. The number of nitrogens with zero attached hydrogens (tertiary/aromatic N) is 2. The molecule has 28 heavy (non-hydrogen) atoms. The molecule has 7 nitrogen and oxygen atoms in total. The van der Waals surface area contributed by atoms with Crippen LogP contribution in [0.3, 0.4) is 0 Å². The van der Waals surface area contributed by atoms with Gasteiger partial charge in [0.2, 0.25) is 11.8 Å². The van der Waals surface area contributed by atoms with Crippen LogP contribution in [-0.4, -0.2) is 47.2 Å². The van der Waals surface area contributed by atoms with Crippen LogP contribution in [0.25, 0.3) is 0 Å². The lowest BCUT2D eigenvalue weighted by Crippen LogP contribution is -2.44. The maximum atomic E-state index is 12.5. The molecule has 0 spiro atoms. The molecule has 1 saturated heterocycles. The van der Waals surface area contributed by atoms with Crippen LogP contribution in [0, 0.1) is 5.92 Å². The van der Waals surface area contributed by atoms with E-state index in [0.29, 0.717) is 23.8 Å². The number of rotatable bonds is 6. The highest BCUT2D eigenvalue weighted by Gasteiger charge is 2.28. The van der Waals surface area contributed by atoms with Crippen LogP contribution in [0.15, 0.2) is 40.3 Å². The first-order valence-corrected chi connectivity index (χ1v) is 10.7. The summed E-state index contributed by atoms with van der Waals surface area (Å²) < 4.78 is 0.901. The highest BCUT2D eigenvalue weighted by atomic mass is 79.9. The van der Waals surface area contributed by atoms with Crippen LogP contribution < -0.4 is 10.6 Å². The molecule has 2 N–H and O–H groups in total. The van der Waals surface area contributed by atoms with Gasteiger partial charge in [-0.15, -0.1) is 11.3 Å². The molecule has 1 unspecified atom stereocenters. The molecule has 1 fully saturated rings. The number of benzene rings is 1. The number of hydrogen-bond acceptors (Lipinski definition) is 5. The monoisotopic (exact) mass is 464 g/mol. The Bertz CT molecular complexity index is 826. The Kier molecular flexibility index (Phi) is 7.16. The van der Waals surface area contributed by atoms with Crippen molar-refractivity contribution in [3.63, 3.8) is 0 Å². The van der Waals surface area contributed by atoms with Gasteiger partial charge in [-0.25, -0.2) is 4.98 Å². The Morgan fingerprint density at radius 1 is 1.25 bits per heavy atom. The molecule has 148 valence electrons. The van der Waals surface area contributed by atoms with Gasteiger partial charge in [0.25, 0.3) is 5.91 Å². The molecule has 2 aromatic rings. The van der Waals surface area contributed by atoms with E-state index in [1.165, 1.54) is 11.3 Å². The zero-order chi connectivity index (χ0) is 19.9. The van der Waals surface area contributed by atoms with Gasteiger partial charge in [-0.05, 0) is 37.1 Å². The van der Waals surface area contributed by atoms with Crippen LogP contribution in [0.5, 0.6) is 0 Å². The zero-order valence-corrected chi connectivity index (χ0v) is 17.6. The zero-order valence-electron chi connectivity index (χ0n) is 15.2. The van der Waals surface area contributed by atoms with Gasteiger partial charge in [0.05, 0.1) is 5.92 Å². The van der Waals surface area contributed by atoms with Crippen LogP contribution in [-0.2, 0) is 9.59 Å². The topological polar surface area (TPSA) is 91.4 Å². The van der Waals surface area contributed by atoms with Crippen LogP contribution in [0.1, 0.15) is 29.6 Å². The Morgan fingerprint density at radius 2 is 2.04 bits per heavy atom. The summed E-state index contributed by atoms with van der Waals surface area (Å²) in [5.41, 5.74) is 0.549. The highest BCUT2D eigenvalue weighted by molar-refractivity contribution is 9.10. The standard InChI is InChI=1S/C19H21BrN4O3S/c20-15-5-3-13(4-6-15)17(26)21-8-7-16(25)24-10-1-2-14(12-24)18(27)23-19-22-9-11-28-19/h3-6,9,11,14H,1-2,7-8,10,12H2,(H,21,26)(H,22,23,27). The van der Waals surface area contributed by atoms with Crippen molar-refractivity contribution < 1.29 is 14.4 Å². The predicted molar refractivity (Wildman–Crippen MR) is 111 cm³/mol. The fraction of sp³-hybridized carbons (Fsp3) is 0.368. The molecular weight excluding hydrogens is 444 g/mol. The van der Waals surface area contributed by atoms with Gasteiger partial charge in [-0.1, -0.05) is 15.9 Å². The van der Waals surface area contributed by atoms with Crippen molar-refractivity contribution in [2.75, 3.05) is 25.0 Å². The third-order valence-electron chi connectivity index (χ3n) is 4.54. The summed E-state index contributed by atoms with van der Waals surface area (Å²) in [6, 6.07) is 7.03. The highest BCUT2D eigenvalue weighted by Crippen LogP contribution is 2.20. The number of amides is 3. The van der Waals surface area contributed by atoms with Gasteiger partial charge in [0, 0.05) is 47.7 Å². The number of aromatic nitrogens is 1. The SMILES string of the molecule is O=C(NCCC(=O)N1CCCC(C(=O)Nc2nccs2)C1)c1ccc(Br)cc1. The minimum atomic E-state index is -0.237. The van der Waals surface area contributed by atoms with Crippen molar-refractivity contribution in [2.45, 2.75) is 19.3 Å². The molecule has 1 atom stereocenters. The molecule has 9 heteroatoms. The Labute approximate surface area is 175 Å². The number of halogens is 1. The van der Waals surface area contributed by atoms with Crippen molar-refractivity contribution in [2.24, 2.45) is 5.92 Å². The van der Waals surface area contributed by atoms with Crippen molar-refractivity contribution in [3.8, 4) is 0 Å². The summed E-state index contributed by atoms with van der Waals surface area (Å²) in [6.07, 6.45) is 3.39. The first-order valence-electron chi connectivity index (χ1n) is 9.05. The maximum Gasteiger partial charge on any atom is 0.251 e. The smallest absolute Gasteiger partial charge is 0.251 e. The number of carbonyl (C=O) groups is 3. The largest absolute Gasteiger partial charge is 0.352 e. The van der Waals surface area contributed by atoms with Gasteiger partial charge in [0.1, 0.15) is 0 Å². The second kappa shape index (κ2) is 9.79. The molecule has 3 amide bonds. The number of likely N-dealkylation sites (tertiary alicyclic amines) is 1. The number of anilines is 1. The lowest BCUT2D eigenvalue weighted by molar-refractivity contribution is -0.134. The molecule has 1 aliphatic rings. The molecule has 1 aromatic carbocycles. The predicted octanol–water partition coefficient (Wildman–Crippen LogP) is 2.90. The first kappa shape index (κ1) is 20.5. The van der Waals surface area contributed by atoms with E-state index >= 15 is 0 Å². The number of piperidine rings is 1. The van der Waals surface area contributed by atoms with E-state index in [-0.39, 0.29) is 36.6 Å². The summed E-state index contributed by atoms with van der Waals surface area (Å²) in [5, 5.41) is 7.94. The minimum Gasteiger partial charge on any atom is -0.352 e. The van der Waals surface area contributed by atoms with E-state index in [4.69, 9.17) is 0 Å². The maximum absolute atomic E-state index is 12.5. The quantitative estimate of drug-likeness (QED) is 0.687. The van der Waals surface area contributed by atoms with Gasteiger partial charge in [-0.3, -0.25) is 14.4 Å². The van der Waals surface area contributed by atoms with Crippen LogP contribution >= 0.6 is 27.3 Å². The first-order chi connectivity index (χ1) is 13.5. The minimum absolute atomic E-state index is 0.0529. The molecule has 1 aromatic heterocycles. The fourth-order valence-electron chi connectivity index (χ4n) is 3.05. The van der Waals surface area contributed by atoms with E-state index in [0.717, 1.165) is 17.3 Å². The lowest BCUT2D eigenvalue weighted by atomic mass is 9.97. The lowest BCUT2D eigenvalue weighted by Gasteiger charge is -2.32. The number of hydrogen-bond donors (Lipinski definition) is 2. The molecule has 0 aliphatic carbocycles. The molecular formula is C19H21BrN4O3S. The summed E-state index contributed by atoms with van der Waals surface area (Å²) in [4.78, 5) is 42.7. The molecule has 1 aliphatic heterocycles. The Balaban J connectivity index is 1.44. The van der Waals surface area contributed by atoms with Crippen molar-refractivity contribution in [1.29, 1.82) is 0 Å². The average Bonchev–Trinajstić information content (AvgIpc) is 3.21. The van der Waals surface area contributed by atoms with Gasteiger partial charge in [-0.2, -0.15) is 0 Å². The van der Waals surface area contributed by atoms with E-state index < -0.39 is 0 Å². The number of thiazole rings is 1. The Morgan fingerprint density at radius 3 is 2.75 bits per heavy atom. The summed E-state index contributed by atoms with van der Waals surface area (Å²) in [5.74, 6) is -0.600. The second-order valence-corrected chi connectivity index (χ2v) is 8.33. The summed E-state index contributed by atoms with van der Waals surface area (Å²) >= 11 is 4.70. The second-order valence-electron chi connectivity index (χ2n) is 6.52. The van der Waals surface area contributed by atoms with Crippen LogP contribution in [0.4, 0.5) is 5.13 Å². The molecule has 0 saturated carbocycles. The summed E-state index contributed by atoms with van der Waals surface area (Å²) in [6.45, 7) is 1.30. The molecule has 2 heterocycles. The third-order valence-corrected chi connectivity index (χ3v) is 5.76. The Hall–Kier alpha value is -2.26. The van der Waals surface area contributed by atoms with E-state index in [1.54, 1.807) is 40.7 Å². The van der Waals surface area contributed by atoms with Crippen molar-refractivity contribution >= 4 is 50.1 Å². The molecule has 0 bridgehead atoms. The van der Waals surface area contributed by atoms with E-state index in [9.17, 15) is 14.4 Å². The van der Waals surface area contributed by atoms with Gasteiger partial charge in [0.15, 0.2) is 5.13 Å². The van der Waals surface area contributed by atoms with Crippen LogP contribution in [0.2, 0.25) is 0 Å². The van der Waals surface area contributed by atoms with E-state index in [1.807, 2.05) is 0 Å². The summed E-state index contributed by atoms with van der Waals surface area (Å²) in [7, 11) is 0. The molecule has 3 rings (SSSR count). The van der Waals surface area contributed by atoms with E-state index in [2.05, 4.69) is 31.5 Å². The van der Waals surface area contributed by atoms with Gasteiger partial charge < -0.3 is 15.5 Å².